The lowest BCUT2D eigenvalue weighted by atomic mass is 10.0. The highest BCUT2D eigenvalue weighted by molar-refractivity contribution is 5.51. The molecule has 0 bridgehead atoms. The number of hydrogen-bond donors (Lipinski definition) is 0. The summed E-state index contributed by atoms with van der Waals surface area (Å²) in [6, 6.07) is 10.7. The lowest BCUT2D eigenvalue weighted by Crippen LogP contribution is -2.33. The second-order valence-electron chi connectivity index (χ2n) is 6.27. The molecule has 25 heavy (non-hydrogen) atoms. The van der Waals surface area contributed by atoms with E-state index in [1.165, 1.54) is 6.07 Å². The third kappa shape index (κ3) is 3.44. The van der Waals surface area contributed by atoms with Crippen LogP contribution in [-0.2, 0) is 6.54 Å². The van der Waals surface area contributed by atoms with Crippen molar-refractivity contribution in [2.45, 2.75) is 31.8 Å². The summed E-state index contributed by atoms with van der Waals surface area (Å²) in [5, 5.41) is 4.09. The minimum absolute atomic E-state index is 0.0197. The topological polar surface area (TPSA) is 55.1 Å². The highest BCUT2D eigenvalue weighted by Crippen LogP contribution is 2.32. The first-order chi connectivity index (χ1) is 12.3. The molecule has 0 radical (unpaired) electrons. The molecule has 1 aliphatic heterocycles. The quantitative estimate of drug-likeness (QED) is 0.720. The van der Waals surface area contributed by atoms with Gasteiger partial charge in [-0.1, -0.05) is 29.8 Å². The van der Waals surface area contributed by atoms with Crippen LogP contribution in [0, 0.1) is 5.82 Å². The van der Waals surface area contributed by atoms with Gasteiger partial charge in [0.15, 0.2) is 0 Å². The van der Waals surface area contributed by atoms with Gasteiger partial charge in [0.2, 0.25) is 11.7 Å². The average molecular weight is 338 g/mol. The predicted molar refractivity (Wildman–Crippen MR) is 90.9 cm³/mol. The fourth-order valence-corrected chi connectivity index (χ4v) is 3.29. The maximum absolute atomic E-state index is 14.0. The van der Waals surface area contributed by atoms with Crippen molar-refractivity contribution in [1.82, 2.24) is 20.0 Å². The molecular formula is C19H19FN4O. The van der Waals surface area contributed by atoms with E-state index < -0.39 is 0 Å². The second-order valence-corrected chi connectivity index (χ2v) is 6.27. The predicted octanol–water partition coefficient (Wildman–Crippen LogP) is 4.00. The van der Waals surface area contributed by atoms with Crippen LogP contribution in [0.4, 0.5) is 4.39 Å². The van der Waals surface area contributed by atoms with Crippen LogP contribution in [0.2, 0.25) is 0 Å². The molecule has 0 saturated carbocycles. The zero-order valence-corrected chi connectivity index (χ0v) is 13.8. The zero-order valence-electron chi connectivity index (χ0n) is 13.8. The lowest BCUT2D eigenvalue weighted by molar-refractivity contribution is 0.110. The van der Waals surface area contributed by atoms with Crippen molar-refractivity contribution in [3.63, 3.8) is 0 Å². The molecule has 1 aliphatic rings. The Morgan fingerprint density at radius 1 is 1.16 bits per heavy atom. The first kappa shape index (κ1) is 15.9. The van der Waals surface area contributed by atoms with Gasteiger partial charge in [0.1, 0.15) is 5.82 Å². The zero-order chi connectivity index (χ0) is 17.1. The van der Waals surface area contributed by atoms with Gasteiger partial charge in [0.25, 0.3) is 0 Å². The van der Waals surface area contributed by atoms with Gasteiger partial charge >= 0.3 is 0 Å². The van der Waals surface area contributed by atoms with E-state index >= 15 is 0 Å². The summed E-state index contributed by atoms with van der Waals surface area (Å²) < 4.78 is 19.5. The Hall–Kier alpha value is -2.60. The van der Waals surface area contributed by atoms with Gasteiger partial charge in [-0.05, 0) is 37.6 Å². The van der Waals surface area contributed by atoms with Crippen molar-refractivity contribution < 1.29 is 8.91 Å². The summed E-state index contributed by atoms with van der Waals surface area (Å²) in [4.78, 5) is 10.9. The third-order valence-electron chi connectivity index (χ3n) is 4.59. The molecular weight excluding hydrogens is 319 g/mol. The third-order valence-corrected chi connectivity index (χ3v) is 4.59. The van der Waals surface area contributed by atoms with Crippen LogP contribution in [0.3, 0.4) is 0 Å². The van der Waals surface area contributed by atoms with Crippen molar-refractivity contribution in [2.75, 3.05) is 6.54 Å². The highest BCUT2D eigenvalue weighted by Gasteiger charge is 2.29. The van der Waals surface area contributed by atoms with E-state index in [-0.39, 0.29) is 11.9 Å². The first-order valence-electron chi connectivity index (χ1n) is 8.53. The van der Waals surface area contributed by atoms with Crippen LogP contribution in [0.25, 0.3) is 11.4 Å². The molecule has 4 rings (SSSR count). The van der Waals surface area contributed by atoms with Gasteiger partial charge in [-0.3, -0.25) is 9.88 Å². The summed E-state index contributed by atoms with van der Waals surface area (Å²) in [5.41, 5.74) is 1.52. The van der Waals surface area contributed by atoms with Gasteiger partial charge in [0, 0.05) is 30.1 Å². The number of pyridine rings is 1. The van der Waals surface area contributed by atoms with E-state index in [2.05, 4.69) is 20.0 Å². The Morgan fingerprint density at radius 3 is 2.92 bits per heavy atom. The smallest absolute Gasteiger partial charge is 0.244 e. The Bertz CT molecular complexity index is 836. The van der Waals surface area contributed by atoms with Crippen LogP contribution in [-0.4, -0.2) is 26.6 Å². The molecule has 128 valence electrons. The maximum Gasteiger partial charge on any atom is 0.244 e. The lowest BCUT2D eigenvalue weighted by Gasteiger charge is -2.33. The van der Waals surface area contributed by atoms with Gasteiger partial charge in [0.05, 0.1) is 6.04 Å². The van der Waals surface area contributed by atoms with E-state index in [9.17, 15) is 4.39 Å². The van der Waals surface area contributed by atoms with Gasteiger partial charge in [-0.15, -0.1) is 0 Å². The van der Waals surface area contributed by atoms with Crippen molar-refractivity contribution in [1.29, 1.82) is 0 Å². The summed E-state index contributed by atoms with van der Waals surface area (Å²) in [5.74, 6) is 0.961. The van der Waals surface area contributed by atoms with Crippen LogP contribution in [0.1, 0.15) is 36.8 Å². The molecule has 0 N–H and O–H groups in total. The van der Waals surface area contributed by atoms with Crippen molar-refractivity contribution in [3.8, 4) is 11.4 Å². The molecule has 0 spiro atoms. The van der Waals surface area contributed by atoms with Gasteiger partial charge in [-0.25, -0.2) is 4.39 Å². The van der Waals surface area contributed by atoms with Crippen molar-refractivity contribution in [3.05, 3.63) is 66.1 Å². The Labute approximate surface area is 145 Å². The number of piperidine rings is 1. The molecule has 1 atom stereocenters. The number of benzene rings is 1. The van der Waals surface area contributed by atoms with Crippen LogP contribution in [0.15, 0.2) is 53.3 Å². The van der Waals surface area contributed by atoms with Crippen molar-refractivity contribution >= 4 is 0 Å². The largest absolute Gasteiger partial charge is 0.337 e. The number of likely N-dealkylation sites (tertiary alicyclic amines) is 1. The average Bonchev–Trinajstić information content (AvgIpc) is 3.15. The molecule has 3 heterocycles. The molecule has 1 aromatic carbocycles. The standard InChI is InChI=1S/C19H19FN4O/c20-16-8-2-1-6-15(16)13-24-11-4-3-9-17(24)19-22-18(23-25-19)14-7-5-10-21-12-14/h1-2,5-8,10,12,17H,3-4,9,11,13H2. The molecule has 0 aliphatic carbocycles. The summed E-state index contributed by atoms with van der Waals surface area (Å²) in [6.07, 6.45) is 6.55. The Morgan fingerprint density at radius 2 is 2.08 bits per heavy atom. The highest BCUT2D eigenvalue weighted by atomic mass is 19.1. The molecule has 5 nitrogen and oxygen atoms in total. The normalized spacial score (nSPS) is 18.4. The fraction of sp³-hybridized carbons (Fsp3) is 0.316. The monoisotopic (exact) mass is 338 g/mol. The maximum atomic E-state index is 14.0. The summed E-state index contributed by atoms with van der Waals surface area (Å²) >= 11 is 0. The Balaban J connectivity index is 1.57. The number of halogens is 1. The first-order valence-corrected chi connectivity index (χ1v) is 8.53. The SMILES string of the molecule is Fc1ccccc1CN1CCCCC1c1nc(-c2cccnc2)no1. The summed E-state index contributed by atoms with van der Waals surface area (Å²) in [7, 11) is 0. The molecule has 3 aromatic rings. The van der Waals surface area contributed by atoms with Crippen LogP contribution in [0.5, 0.6) is 0 Å². The fourth-order valence-electron chi connectivity index (χ4n) is 3.29. The Kier molecular flexibility index (Phi) is 4.52. The molecule has 1 fully saturated rings. The second kappa shape index (κ2) is 7.11. The molecule has 1 unspecified atom stereocenters. The van der Waals surface area contributed by atoms with Crippen LogP contribution >= 0.6 is 0 Å². The molecule has 1 saturated heterocycles. The van der Waals surface area contributed by atoms with E-state index in [1.54, 1.807) is 18.5 Å². The van der Waals surface area contributed by atoms with E-state index in [4.69, 9.17) is 4.52 Å². The molecule has 6 heteroatoms. The van der Waals surface area contributed by atoms with Gasteiger partial charge < -0.3 is 4.52 Å². The number of nitrogens with zero attached hydrogens (tertiary/aromatic N) is 4. The van der Waals surface area contributed by atoms with Crippen LogP contribution < -0.4 is 0 Å². The number of aromatic nitrogens is 3. The van der Waals surface area contributed by atoms with Crippen molar-refractivity contribution in [2.24, 2.45) is 0 Å². The van der Waals surface area contributed by atoms with Gasteiger partial charge in [-0.2, -0.15) is 4.98 Å². The number of rotatable bonds is 4. The number of hydrogen-bond acceptors (Lipinski definition) is 5. The minimum atomic E-state index is -0.173. The molecule has 2 aromatic heterocycles. The van der Waals surface area contributed by atoms with E-state index in [0.29, 0.717) is 23.8 Å². The molecule has 0 amide bonds. The van der Waals surface area contributed by atoms with E-state index in [0.717, 1.165) is 31.4 Å². The van der Waals surface area contributed by atoms with E-state index in [1.807, 2.05) is 24.3 Å². The summed E-state index contributed by atoms with van der Waals surface area (Å²) in [6.45, 7) is 1.44. The minimum Gasteiger partial charge on any atom is -0.337 e.